The Kier molecular flexibility index (Phi) is 6.25. The average Bonchev–Trinajstić information content (AvgIpc) is 3.16. The maximum atomic E-state index is 13.0. The summed E-state index contributed by atoms with van der Waals surface area (Å²) in [4.78, 5) is 36.9. The van der Waals surface area contributed by atoms with Crippen LogP contribution in [-0.2, 0) is 4.79 Å². The van der Waals surface area contributed by atoms with Gasteiger partial charge in [-0.25, -0.2) is 4.98 Å². The molecular weight excluding hydrogens is 384 g/mol. The summed E-state index contributed by atoms with van der Waals surface area (Å²) >= 11 is 1.47. The van der Waals surface area contributed by atoms with Crippen molar-refractivity contribution in [3.05, 3.63) is 40.9 Å². The van der Waals surface area contributed by atoms with Gasteiger partial charge in [0.15, 0.2) is 0 Å². The number of aryl methyl sites for hydroxylation is 1. The molecule has 2 amide bonds. The summed E-state index contributed by atoms with van der Waals surface area (Å²) in [6, 6.07) is 9.98. The molecule has 0 spiro atoms. The molecule has 0 saturated carbocycles. The van der Waals surface area contributed by atoms with Crippen molar-refractivity contribution in [3.63, 3.8) is 0 Å². The van der Waals surface area contributed by atoms with Gasteiger partial charge >= 0.3 is 0 Å². The Morgan fingerprint density at radius 2 is 1.62 bits per heavy atom. The number of piperidine rings is 1. The van der Waals surface area contributed by atoms with E-state index in [1.807, 2.05) is 47.1 Å². The molecule has 0 bridgehead atoms. The van der Waals surface area contributed by atoms with Gasteiger partial charge in [0.1, 0.15) is 9.88 Å². The van der Waals surface area contributed by atoms with E-state index < -0.39 is 0 Å². The third-order valence-corrected chi connectivity index (χ3v) is 6.93. The number of carbonyl (C=O) groups is 2. The first-order chi connectivity index (χ1) is 14.1. The standard InChI is InChI=1S/C22H28N4O2S/c1-17-20(29-21(23-17)18-8-4-2-5-9-18)22(28)26-14-12-24(13-15-26)16-19(27)25-10-6-3-7-11-25/h2,4-5,8-9H,3,6-7,10-16H2,1H3. The second kappa shape index (κ2) is 9.05. The summed E-state index contributed by atoms with van der Waals surface area (Å²) in [6.07, 6.45) is 3.47. The van der Waals surface area contributed by atoms with Gasteiger partial charge in [-0.1, -0.05) is 30.3 Å². The molecule has 2 aliphatic rings. The van der Waals surface area contributed by atoms with Gasteiger partial charge in [0.2, 0.25) is 5.91 Å². The predicted octanol–water partition coefficient (Wildman–Crippen LogP) is 2.89. The molecule has 0 atom stereocenters. The molecule has 0 unspecified atom stereocenters. The molecule has 0 N–H and O–H groups in total. The molecule has 6 nitrogen and oxygen atoms in total. The molecule has 2 aromatic rings. The normalized spacial score (nSPS) is 18.1. The Morgan fingerprint density at radius 3 is 2.31 bits per heavy atom. The molecule has 4 rings (SSSR count). The van der Waals surface area contributed by atoms with Crippen LogP contribution in [-0.4, -0.2) is 77.3 Å². The average molecular weight is 413 g/mol. The lowest BCUT2D eigenvalue weighted by Crippen LogP contribution is -2.52. The van der Waals surface area contributed by atoms with Crippen molar-refractivity contribution in [2.75, 3.05) is 45.8 Å². The van der Waals surface area contributed by atoms with Crippen molar-refractivity contribution in [1.29, 1.82) is 0 Å². The number of aromatic nitrogens is 1. The molecule has 1 aromatic heterocycles. The number of piperazine rings is 1. The van der Waals surface area contributed by atoms with Crippen LogP contribution in [0.25, 0.3) is 10.6 Å². The number of rotatable bonds is 4. The molecule has 0 radical (unpaired) electrons. The Labute approximate surface area is 176 Å². The van der Waals surface area contributed by atoms with Gasteiger partial charge in [0.05, 0.1) is 12.2 Å². The molecule has 29 heavy (non-hydrogen) atoms. The van der Waals surface area contributed by atoms with E-state index in [0.717, 1.165) is 60.2 Å². The monoisotopic (exact) mass is 412 g/mol. The maximum absolute atomic E-state index is 13.0. The number of amides is 2. The fourth-order valence-corrected chi connectivity index (χ4v) is 5.03. The highest BCUT2D eigenvalue weighted by Crippen LogP contribution is 2.28. The van der Waals surface area contributed by atoms with Gasteiger partial charge in [0.25, 0.3) is 5.91 Å². The number of likely N-dealkylation sites (tertiary alicyclic amines) is 1. The minimum absolute atomic E-state index is 0.0594. The largest absolute Gasteiger partial charge is 0.342 e. The summed E-state index contributed by atoms with van der Waals surface area (Å²) in [5.41, 5.74) is 1.84. The lowest BCUT2D eigenvalue weighted by molar-refractivity contribution is -0.133. The van der Waals surface area contributed by atoms with Crippen LogP contribution in [0, 0.1) is 6.92 Å². The number of nitrogens with zero attached hydrogens (tertiary/aromatic N) is 4. The van der Waals surface area contributed by atoms with E-state index in [4.69, 9.17) is 0 Å². The second-order valence-electron chi connectivity index (χ2n) is 7.81. The summed E-state index contributed by atoms with van der Waals surface area (Å²) < 4.78 is 0. The topological polar surface area (TPSA) is 56.8 Å². The predicted molar refractivity (Wildman–Crippen MR) is 115 cm³/mol. The number of hydrogen-bond donors (Lipinski definition) is 0. The Balaban J connectivity index is 1.33. The van der Waals surface area contributed by atoms with Crippen LogP contribution < -0.4 is 0 Å². The van der Waals surface area contributed by atoms with Gasteiger partial charge in [0, 0.05) is 44.8 Å². The third kappa shape index (κ3) is 4.67. The highest BCUT2D eigenvalue weighted by atomic mass is 32.1. The third-order valence-electron chi connectivity index (χ3n) is 5.74. The lowest BCUT2D eigenvalue weighted by Gasteiger charge is -2.36. The first-order valence-electron chi connectivity index (χ1n) is 10.4. The zero-order valence-corrected chi connectivity index (χ0v) is 17.8. The van der Waals surface area contributed by atoms with Gasteiger partial charge in [-0.05, 0) is 26.2 Å². The molecule has 1 aromatic carbocycles. The van der Waals surface area contributed by atoms with Gasteiger partial charge in [-0.3, -0.25) is 14.5 Å². The van der Waals surface area contributed by atoms with Gasteiger partial charge in [-0.15, -0.1) is 11.3 Å². The zero-order chi connectivity index (χ0) is 20.2. The Hall–Kier alpha value is -2.25. The molecule has 2 fully saturated rings. The van der Waals surface area contributed by atoms with Gasteiger partial charge < -0.3 is 9.80 Å². The number of hydrogen-bond acceptors (Lipinski definition) is 5. The first kappa shape index (κ1) is 20.0. The molecule has 2 saturated heterocycles. The molecule has 7 heteroatoms. The summed E-state index contributed by atoms with van der Waals surface area (Å²) in [5, 5.41) is 0.886. The lowest BCUT2D eigenvalue weighted by atomic mass is 10.1. The zero-order valence-electron chi connectivity index (χ0n) is 17.0. The van der Waals surface area contributed by atoms with Crippen LogP contribution in [0.1, 0.15) is 34.6 Å². The van der Waals surface area contributed by atoms with Crippen LogP contribution in [0.3, 0.4) is 0 Å². The van der Waals surface area contributed by atoms with E-state index in [9.17, 15) is 9.59 Å². The molecule has 0 aliphatic carbocycles. The number of thiazole rings is 1. The second-order valence-corrected chi connectivity index (χ2v) is 8.81. The summed E-state index contributed by atoms with van der Waals surface area (Å²) in [7, 11) is 0. The van der Waals surface area contributed by atoms with Gasteiger partial charge in [-0.2, -0.15) is 0 Å². The highest BCUT2D eigenvalue weighted by Gasteiger charge is 2.27. The van der Waals surface area contributed by atoms with E-state index in [1.54, 1.807) is 0 Å². The molecular formula is C22H28N4O2S. The van der Waals surface area contributed by atoms with Crippen molar-refractivity contribution >= 4 is 23.2 Å². The van der Waals surface area contributed by atoms with Crippen LogP contribution in [0.4, 0.5) is 0 Å². The van der Waals surface area contributed by atoms with Crippen molar-refractivity contribution in [2.45, 2.75) is 26.2 Å². The summed E-state index contributed by atoms with van der Waals surface area (Å²) in [6.45, 7) is 6.97. The van der Waals surface area contributed by atoms with Crippen molar-refractivity contribution in [2.24, 2.45) is 0 Å². The van der Waals surface area contributed by atoms with Crippen LogP contribution in [0.15, 0.2) is 30.3 Å². The molecule has 2 aliphatic heterocycles. The number of benzene rings is 1. The fourth-order valence-electron chi connectivity index (χ4n) is 3.99. The van der Waals surface area contributed by atoms with Crippen molar-refractivity contribution in [3.8, 4) is 10.6 Å². The minimum atomic E-state index is 0.0594. The smallest absolute Gasteiger partial charge is 0.265 e. The summed E-state index contributed by atoms with van der Waals surface area (Å²) in [5.74, 6) is 0.291. The maximum Gasteiger partial charge on any atom is 0.265 e. The fraction of sp³-hybridized carbons (Fsp3) is 0.500. The quantitative estimate of drug-likeness (QED) is 0.775. The van der Waals surface area contributed by atoms with Crippen LogP contribution in [0.5, 0.6) is 0 Å². The van der Waals surface area contributed by atoms with E-state index in [-0.39, 0.29) is 11.8 Å². The number of carbonyl (C=O) groups excluding carboxylic acids is 2. The minimum Gasteiger partial charge on any atom is -0.342 e. The Morgan fingerprint density at radius 1 is 0.931 bits per heavy atom. The van der Waals surface area contributed by atoms with E-state index in [0.29, 0.717) is 19.6 Å². The SMILES string of the molecule is Cc1nc(-c2ccccc2)sc1C(=O)N1CCN(CC(=O)N2CCCCC2)CC1. The molecule has 154 valence electrons. The van der Waals surface area contributed by atoms with Crippen molar-refractivity contribution in [1.82, 2.24) is 19.7 Å². The van der Waals surface area contributed by atoms with Crippen molar-refractivity contribution < 1.29 is 9.59 Å². The van der Waals surface area contributed by atoms with E-state index in [2.05, 4.69) is 9.88 Å². The molecule has 3 heterocycles. The Bertz CT molecular complexity index is 853. The van der Waals surface area contributed by atoms with Crippen LogP contribution in [0.2, 0.25) is 0 Å². The van der Waals surface area contributed by atoms with E-state index in [1.165, 1.54) is 17.8 Å². The van der Waals surface area contributed by atoms with E-state index >= 15 is 0 Å². The first-order valence-corrected chi connectivity index (χ1v) is 11.3. The van der Waals surface area contributed by atoms with Crippen LogP contribution >= 0.6 is 11.3 Å². The highest BCUT2D eigenvalue weighted by molar-refractivity contribution is 7.17.